The van der Waals surface area contributed by atoms with Crippen molar-refractivity contribution in [2.75, 3.05) is 11.5 Å². The number of rotatable bonds is 1. The highest BCUT2D eigenvalue weighted by Gasteiger charge is 2.06. The van der Waals surface area contributed by atoms with Crippen LogP contribution in [0.3, 0.4) is 0 Å². The molecular weight excluding hydrogens is 178 g/mol. The van der Waals surface area contributed by atoms with E-state index in [9.17, 15) is 0 Å². The van der Waals surface area contributed by atoms with Crippen LogP contribution >= 0.6 is 0 Å². The molecule has 1 heterocycles. The normalized spacial score (nSPS) is 15.3. The molecule has 0 unspecified atom stereocenters. The molecule has 5 heteroatoms. The van der Waals surface area contributed by atoms with E-state index in [0.717, 1.165) is 18.4 Å². The van der Waals surface area contributed by atoms with E-state index < -0.39 is 0 Å². The van der Waals surface area contributed by atoms with Gasteiger partial charge in [-0.3, -0.25) is 0 Å². The number of nitrogen functional groups attached to an aromatic ring is 2. The third kappa shape index (κ3) is 1.71. The minimum absolute atomic E-state index is 0.160. The van der Waals surface area contributed by atoms with Crippen LogP contribution in [0, 0.1) is 0 Å². The Morgan fingerprint density at radius 2 is 1.71 bits per heavy atom. The molecule has 0 aromatic carbocycles. The molecule has 1 aromatic heterocycles. The Balaban J connectivity index is 2.40. The highest BCUT2D eigenvalue weighted by atomic mass is 15.1. The fourth-order valence-corrected chi connectivity index (χ4v) is 1.32. The van der Waals surface area contributed by atoms with Crippen LogP contribution < -0.4 is 11.5 Å². The molecule has 0 spiro atoms. The molecule has 0 radical (unpaired) electrons. The Bertz CT molecular complexity index is 387. The van der Waals surface area contributed by atoms with Crippen LogP contribution in [0.5, 0.6) is 0 Å². The molecular formula is C9H11N5. The maximum atomic E-state index is 5.47. The van der Waals surface area contributed by atoms with Crippen molar-refractivity contribution in [1.29, 1.82) is 0 Å². The standard InChI is InChI=1S/C9H11N5/c10-8-12-7(13-9(11)14-8)6-4-2-1-3-5-6/h2,4-5H,1,3H2,(H4,10,11,12,13,14). The lowest BCUT2D eigenvalue weighted by molar-refractivity contribution is 1.01. The SMILES string of the molecule is Nc1nc(N)nc(C2=CCCC=C2)n1. The van der Waals surface area contributed by atoms with Gasteiger partial charge in [0.15, 0.2) is 5.82 Å². The Morgan fingerprint density at radius 3 is 2.29 bits per heavy atom. The van der Waals surface area contributed by atoms with Gasteiger partial charge in [0.1, 0.15) is 0 Å². The second kappa shape index (κ2) is 3.45. The summed E-state index contributed by atoms with van der Waals surface area (Å²) in [6.45, 7) is 0. The average Bonchev–Trinajstić information content (AvgIpc) is 2.18. The zero-order chi connectivity index (χ0) is 9.97. The zero-order valence-electron chi connectivity index (χ0n) is 7.64. The van der Waals surface area contributed by atoms with Crippen molar-refractivity contribution in [2.24, 2.45) is 0 Å². The van der Waals surface area contributed by atoms with Crippen LogP contribution in [0.1, 0.15) is 18.7 Å². The Morgan fingerprint density at radius 1 is 1.00 bits per heavy atom. The van der Waals surface area contributed by atoms with Gasteiger partial charge >= 0.3 is 0 Å². The van der Waals surface area contributed by atoms with Gasteiger partial charge in [0.2, 0.25) is 11.9 Å². The molecule has 1 aliphatic carbocycles. The maximum Gasteiger partial charge on any atom is 0.225 e. The van der Waals surface area contributed by atoms with Crippen molar-refractivity contribution in [1.82, 2.24) is 15.0 Å². The number of aromatic nitrogens is 3. The van der Waals surface area contributed by atoms with Gasteiger partial charge in [-0.25, -0.2) is 0 Å². The second-order valence-corrected chi connectivity index (χ2v) is 3.01. The number of allylic oxidation sites excluding steroid dienone is 4. The molecule has 1 aromatic rings. The van der Waals surface area contributed by atoms with Gasteiger partial charge in [-0.2, -0.15) is 15.0 Å². The van der Waals surface area contributed by atoms with Crippen LogP contribution in [0.4, 0.5) is 11.9 Å². The molecule has 1 aliphatic rings. The van der Waals surface area contributed by atoms with Gasteiger partial charge in [0.05, 0.1) is 0 Å². The third-order valence-electron chi connectivity index (χ3n) is 1.92. The lowest BCUT2D eigenvalue weighted by atomic mass is 10.1. The van der Waals surface area contributed by atoms with Gasteiger partial charge in [0, 0.05) is 5.57 Å². The summed E-state index contributed by atoms with van der Waals surface area (Å²) in [4.78, 5) is 11.7. The first-order chi connectivity index (χ1) is 6.75. The fraction of sp³-hybridized carbons (Fsp3) is 0.222. The van der Waals surface area contributed by atoms with Gasteiger partial charge in [0.25, 0.3) is 0 Å². The predicted octanol–water partition coefficient (Wildman–Crippen LogP) is 0.769. The minimum Gasteiger partial charge on any atom is -0.368 e. The smallest absolute Gasteiger partial charge is 0.225 e. The minimum atomic E-state index is 0.160. The lowest BCUT2D eigenvalue weighted by Gasteiger charge is -2.05. The summed E-state index contributed by atoms with van der Waals surface area (Å²) in [6.07, 6.45) is 8.16. The Hall–Kier alpha value is -1.91. The first-order valence-electron chi connectivity index (χ1n) is 4.40. The van der Waals surface area contributed by atoms with Crippen LogP contribution in [0.25, 0.3) is 5.57 Å². The highest BCUT2D eigenvalue weighted by Crippen LogP contribution is 2.18. The maximum absolute atomic E-state index is 5.47. The van der Waals surface area contributed by atoms with E-state index >= 15 is 0 Å². The summed E-state index contributed by atoms with van der Waals surface area (Å²) in [6, 6.07) is 0. The van der Waals surface area contributed by atoms with Crippen LogP contribution in [-0.4, -0.2) is 15.0 Å². The monoisotopic (exact) mass is 189 g/mol. The summed E-state index contributed by atoms with van der Waals surface area (Å²) in [5.41, 5.74) is 11.9. The molecule has 0 atom stereocenters. The van der Waals surface area contributed by atoms with Crippen molar-refractivity contribution < 1.29 is 0 Å². The topological polar surface area (TPSA) is 90.7 Å². The molecule has 5 nitrogen and oxygen atoms in total. The number of nitrogens with two attached hydrogens (primary N) is 2. The molecule has 2 rings (SSSR count). The van der Waals surface area contributed by atoms with Gasteiger partial charge in [-0.1, -0.05) is 18.2 Å². The van der Waals surface area contributed by atoms with Gasteiger partial charge in [-0.05, 0) is 12.8 Å². The number of nitrogens with zero attached hydrogens (tertiary/aromatic N) is 3. The number of hydrogen-bond donors (Lipinski definition) is 2. The average molecular weight is 189 g/mol. The van der Waals surface area contributed by atoms with E-state index in [0.29, 0.717) is 5.82 Å². The molecule has 0 bridgehead atoms. The molecule has 0 fully saturated rings. The molecule has 0 amide bonds. The lowest BCUT2D eigenvalue weighted by Crippen LogP contribution is -2.06. The van der Waals surface area contributed by atoms with Crippen LogP contribution in [0.15, 0.2) is 18.2 Å². The van der Waals surface area contributed by atoms with E-state index in [2.05, 4.69) is 27.1 Å². The van der Waals surface area contributed by atoms with E-state index in [1.807, 2.05) is 6.08 Å². The predicted molar refractivity (Wildman–Crippen MR) is 55.0 cm³/mol. The van der Waals surface area contributed by atoms with Gasteiger partial charge in [-0.15, -0.1) is 0 Å². The van der Waals surface area contributed by atoms with Crippen molar-refractivity contribution in [3.8, 4) is 0 Å². The first kappa shape index (κ1) is 8.68. The summed E-state index contributed by atoms with van der Waals surface area (Å²) in [5, 5.41) is 0. The van der Waals surface area contributed by atoms with E-state index in [1.165, 1.54) is 0 Å². The zero-order valence-corrected chi connectivity index (χ0v) is 7.64. The summed E-state index contributed by atoms with van der Waals surface area (Å²) in [7, 11) is 0. The largest absolute Gasteiger partial charge is 0.368 e. The van der Waals surface area contributed by atoms with Crippen molar-refractivity contribution in [2.45, 2.75) is 12.8 Å². The summed E-state index contributed by atoms with van der Waals surface area (Å²) < 4.78 is 0. The fourth-order valence-electron chi connectivity index (χ4n) is 1.32. The quantitative estimate of drug-likeness (QED) is 0.680. The molecule has 0 aliphatic heterocycles. The molecule has 14 heavy (non-hydrogen) atoms. The van der Waals surface area contributed by atoms with E-state index in [4.69, 9.17) is 11.5 Å². The highest BCUT2D eigenvalue weighted by molar-refractivity contribution is 5.71. The first-order valence-corrected chi connectivity index (χ1v) is 4.40. The third-order valence-corrected chi connectivity index (χ3v) is 1.92. The van der Waals surface area contributed by atoms with Crippen molar-refractivity contribution >= 4 is 17.5 Å². The molecule has 4 N–H and O–H groups in total. The molecule has 0 saturated carbocycles. The van der Waals surface area contributed by atoms with E-state index in [1.54, 1.807) is 0 Å². The van der Waals surface area contributed by atoms with Crippen molar-refractivity contribution in [3.63, 3.8) is 0 Å². The van der Waals surface area contributed by atoms with Crippen molar-refractivity contribution in [3.05, 3.63) is 24.1 Å². The van der Waals surface area contributed by atoms with Gasteiger partial charge < -0.3 is 11.5 Å². The Kier molecular flexibility index (Phi) is 2.14. The van der Waals surface area contributed by atoms with E-state index in [-0.39, 0.29) is 11.9 Å². The van der Waals surface area contributed by atoms with Crippen LogP contribution in [0.2, 0.25) is 0 Å². The number of anilines is 2. The van der Waals surface area contributed by atoms with Crippen LogP contribution in [-0.2, 0) is 0 Å². The number of hydrogen-bond acceptors (Lipinski definition) is 5. The summed E-state index contributed by atoms with van der Waals surface area (Å²) in [5.74, 6) is 0.866. The molecule has 0 saturated heterocycles. The second-order valence-electron chi connectivity index (χ2n) is 3.01. The Labute approximate surface area is 81.6 Å². The molecule has 72 valence electrons. The summed E-state index contributed by atoms with van der Waals surface area (Å²) >= 11 is 0.